The van der Waals surface area contributed by atoms with Gasteiger partial charge in [0.1, 0.15) is 5.75 Å². The van der Waals surface area contributed by atoms with E-state index in [0.717, 1.165) is 12.8 Å². The Hall–Kier alpha value is -2.42. The monoisotopic (exact) mass is 464 g/mol. The molecule has 3 nitrogen and oxygen atoms in total. The quantitative estimate of drug-likeness (QED) is 0.0901. The van der Waals surface area contributed by atoms with E-state index in [9.17, 15) is 9.59 Å². The Kier molecular flexibility index (Phi) is 14.7. The van der Waals surface area contributed by atoms with E-state index in [1.165, 1.54) is 83.5 Å². The Bertz CT molecular complexity index is 795. The minimum Gasteiger partial charge on any atom is -0.427 e. The molecule has 3 heteroatoms. The first kappa shape index (κ1) is 27.8. The van der Waals surface area contributed by atoms with Crippen molar-refractivity contribution in [3.63, 3.8) is 0 Å². The number of ketones is 1. The van der Waals surface area contributed by atoms with E-state index in [4.69, 9.17) is 4.74 Å². The molecule has 186 valence electrons. The first-order valence-corrected chi connectivity index (χ1v) is 13.6. The molecule has 0 unspecified atom stereocenters. The first-order chi connectivity index (χ1) is 16.7. The maximum absolute atomic E-state index is 12.4. The lowest BCUT2D eigenvalue weighted by atomic mass is 10.0. The second kappa shape index (κ2) is 18.0. The minimum atomic E-state index is -0.197. The molecule has 0 saturated heterocycles. The summed E-state index contributed by atoms with van der Waals surface area (Å²) in [6.45, 7) is 2.27. The lowest BCUT2D eigenvalue weighted by Crippen LogP contribution is -2.08. The predicted molar refractivity (Wildman–Crippen MR) is 141 cm³/mol. The van der Waals surface area contributed by atoms with Gasteiger partial charge in [0.2, 0.25) is 0 Å². The molecule has 0 N–H and O–H groups in total. The highest BCUT2D eigenvalue weighted by Crippen LogP contribution is 2.17. The van der Waals surface area contributed by atoms with E-state index >= 15 is 0 Å². The zero-order valence-electron chi connectivity index (χ0n) is 21.2. The summed E-state index contributed by atoms with van der Waals surface area (Å²) in [5.41, 5.74) is 1.24. The van der Waals surface area contributed by atoms with Crippen LogP contribution in [0.4, 0.5) is 0 Å². The molecule has 0 aliphatic rings. The molecule has 0 bridgehead atoms. The van der Waals surface area contributed by atoms with E-state index in [0.29, 0.717) is 23.3 Å². The van der Waals surface area contributed by atoms with Gasteiger partial charge in [-0.2, -0.15) is 0 Å². The number of hydrogen-bond donors (Lipinski definition) is 0. The molecule has 0 aliphatic heterocycles. The van der Waals surface area contributed by atoms with E-state index in [-0.39, 0.29) is 11.8 Å². The molecule has 0 atom stereocenters. The number of rotatable bonds is 19. The third-order valence-electron chi connectivity index (χ3n) is 6.37. The van der Waals surface area contributed by atoms with Gasteiger partial charge in [0, 0.05) is 17.5 Å². The molecule has 2 rings (SSSR count). The van der Waals surface area contributed by atoms with Crippen molar-refractivity contribution in [1.29, 1.82) is 0 Å². The zero-order chi connectivity index (χ0) is 24.3. The van der Waals surface area contributed by atoms with Gasteiger partial charge in [-0.3, -0.25) is 9.59 Å². The van der Waals surface area contributed by atoms with Crippen molar-refractivity contribution in [2.75, 3.05) is 0 Å². The molecule has 0 fully saturated rings. The van der Waals surface area contributed by atoms with Gasteiger partial charge in [-0.15, -0.1) is 0 Å². The summed E-state index contributed by atoms with van der Waals surface area (Å²) < 4.78 is 5.42. The molecule has 2 aromatic carbocycles. The fraction of sp³-hybridized carbons (Fsp3) is 0.548. The predicted octanol–water partition coefficient (Wildman–Crippen LogP) is 9.08. The van der Waals surface area contributed by atoms with Gasteiger partial charge < -0.3 is 4.74 Å². The molecular formula is C31H44O3. The SMILES string of the molecule is CCCCCCCCCCCCCCCCCC(=O)Oc1ccc(C(=O)c2ccccc2)cc1. The summed E-state index contributed by atoms with van der Waals surface area (Å²) in [5, 5.41) is 0. The minimum absolute atomic E-state index is 0.0312. The van der Waals surface area contributed by atoms with Crippen LogP contribution in [-0.2, 0) is 4.79 Å². The number of carbonyl (C=O) groups is 2. The van der Waals surface area contributed by atoms with E-state index in [1.54, 1.807) is 36.4 Å². The van der Waals surface area contributed by atoms with Crippen LogP contribution in [0.3, 0.4) is 0 Å². The highest BCUT2D eigenvalue weighted by Gasteiger charge is 2.10. The van der Waals surface area contributed by atoms with Crippen LogP contribution in [0.1, 0.15) is 126 Å². The number of esters is 1. The van der Waals surface area contributed by atoms with Crippen LogP contribution in [0.5, 0.6) is 5.75 Å². The summed E-state index contributed by atoms with van der Waals surface area (Å²) in [6.07, 6.45) is 20.1. The van der Waals surface area contributed by atoms with E-state index in [2.05, 4.69) is 6.92 Å². The highest BCUT2D eigenvalue weighted by atomic mass is 16.5. The van der Waals surface area contributed by atoms with Crippen molar-refractivity contribution in [2.45, 2.75) is 110 Å². The van der Waals surface area contributed by atoms with Crippen LogP contribution in [0, 0.1) is 0 Å². The van der Waals surface area contributed by atoms with Crippen molar-refractivity contribution >= 4 is 11.8 Å². The van der Waals surface area contributed by atoms with Crippen molar-refractivity contribution in [3.8, 4) is 5.75 Å². The van der Waals surface area contributed by atoms with Crippen molar-refractivity contribution in [2.24, 2.45) is 0 Å². The topological polar surface area (TPSA) is 43.4 Å². The van der Waals surface area contributed by atoms with Gasteiger partial charge in [0.15, 0.2) is 5.78 Å². The Labute approximate surface area is 207 Å². The maximum atomic E-state index is 12.4. The van der Waals surface area contributed by atoms with Crippen molar-refractivity contribution < 1.29 is 14.3 Å². The van der Waals surface area contributed by atoms with Gasteiger partial charge in [-0.25, -0.2) is 0 Å². The van der Waals surface area contributed by atoms with Crippen molar-refractivity contribution in [1.82, 2.24) is 0 Å². The molecule has 0 radical (unpaired) electrons. The molecular weight excluding hydrogens is 420 g/mol. The summed E-state index contributed by atoms with van der Waals surface area (Å²) >= 11 is 0. The summed E-state index contributed by atoms with van der Waals surface area (Å²) in [7, 11) is 0. The molecule has 0 aromatic heterocycles. The summed E-state index contributed by atoms with van der Waals surface area (Å²) in [4.78, 5) is 24.5. The van der Waals surface area contributed by atoms with E-state index < -0.39 is 0 Å². The lowest BCUT2D eigenvalue weighted by Gasteiger charge is -2.06. The van der Waals surface area contributed by atoms with Crippen LogP contribution in [0.15, 0.2) is 54.6 Å². The number of ether oxygens (including phenoxy) is 1. The smallest absolute Gasteiger partial charge is 0.311 e. The van der Waals surface area contributed by atoms with Crippen LogP contribution in [0.2, 0.25) is 0 Å². The van der Waals surface area contributed by atoms with Crippen LogP contribution >= 0.6 is 0 Å². The molecule has 0 heterocycles. The summed E-state index contributed by atoms with van der Waals surface area (Å²) in [5.74, 6) is 0.267. The normalized spacial score (nSPS) is 10.9. The number of hydrogen-bond acceptors (Lipinski definition) is 3. The molecule has 0 spiro atoms. The molecule has 2 aromatic rings. The Morgan fingerprint density at radius 2 is 1.00 bits per heavy atom. The Morgan fingerprint density at radius 3 is 1.50 bits per heavy atom. The maximum Gasteiger partial charge on any atom is 0.311 e. The van der Waals surface area contributed by atoms with Crippen LogP contribution in [0.25, 0.3) is 0 Å². The lowest BCUT2D eigenvalue weighted by molar-refractivity contribution is -0.134. The third-order valence-corrected chi connectivity index (χ3v) is 6.37. The Morgan fingerprint density at radius 1 is 0.559 bits per heavy atom. The standard InChI is InChI=1S/C31H44O3/c1-2-3-4-5-6-7-8-9-10-11-12-13-14-15-19-22-30(32)34-29-25-23-28(24-26-29)31(33)27-20-17-16-18-21-27/h16-18,20-21,23-26H,2-15,19,22H2,1H3. The van der Waals surface area contributed by atoms with Crippen molar-refractivity contribution in [3.05, 3.63) is 65.7 Å². The van der Waals surface area contributed by atoms with Gasteiger partial charge >= 0.3 is 5.97 Å². The first-order valence-electron chi connectivity index (χ1n) is 13.6. The van der Waals surface area contributed by atoms with Gasteiger partial charge in [-0.05, 0) is 30.7 Å². The third kappa shape index (κ3) is 12.2. The summed E-state index contributed by atoms with van der Waals surface area (Å²) in [6, 6.07) is 16.0. The van der Waals surface area contributed by atoms with Gasteiger partial charge in [-0.1, -0.05) is 127 Å². The molecule has 34 heavy (non-hydrogen) atoms. The number of carbonyl (C=O) groups excluding carboxylic acids is 2. The highest BCUT2D eigenvalue weighted by molar-refractivity contribution is 6.09. The number of benzene rings is 2. The fourth-order valence-corrected chi connectivity index (χ4v) is 4.25. The average molecular weight is 465 g/mol. The van der Waals surface area contributed by atoms with E-state index in [1.807, 2.05) is 18.2 Å². The second-order valence-electron chi connectivity index (χ2n) is 9.39. The van der Waals surface area contributed by atoms with Gasteiger partial charge in [0.05, 0.1) is 0 Å². The molecule has 0 aliphatic carbocycles. The molecule has 0 amide bonds. The van der Waals surface area contributed by atoms with Crippen LogP contribution < -0.4 is 4.74 Å². The largest absolute Gasteiger partial charge is 0.427 e. The zero-order valence-corrected chi connectivity index (χ0v) is 21.2. The second-order valence-corrected chi connectivity index (χ2v) is 9.39. The Balaban J connectivity index is 1.45. The fourth-order valence-electron chi connectivity index (χ4n) is 4.25. The van der Waals surface area contributed by atoms with Gasteiger partial charge in [0.25, 0.3) is 0 Å². The van der Waals surface area contributed by atoms with Crippen LogP contribution in [-0.4, -0.2) is 11.8 Å². The average Bonchev–Trinajstić information content (AvgIpc) is 2.87. The molecule has 0 saturated carbocycles. The number of unbranched alkanes of at least 4 members (excludes halogenated alkanes) is 14.